The van der Waals surface area contributed by atoms with Crippen LogP contribution < -0.4 is 5.32 Å². The number of aromatic carboxylic acids is 1. The van der Waals surface area contributed by atoms with Crippen LogP contribution in [0.2, 0.25) is 0 Å². The molecule has 0 aliphatic rings. The predicted molar refractivity (Wildman–Crippen MR) is 71.4 cm³/mol. The Balaban J connectivity index is 2.31. The lowest BCUT2D eigenvalue weighted by Crippen LogP contribution is -2.04. The van der Waals surface area contributed by atoms with Gasteiger partial charge in [-0.2, -0.15) is 0 Å². The van der Waals surface area contributed by atoms with Gasteiger partial charge in [0.15, 0.2) is 5.69 Å². The molecule has 2 rings (SSSR count). The highest BCUT2D eigenvalue weighted by molar-refractivity contribution is 14.1. The number of anilines is 2. The number of nitrogens with zero attached hydrogens (tertiary/aromatic N) is 2. The van der Waals surface area contributed by atoms with E-state index in [-0.39, 0.29) is 17.3 Å². The van der Waals surface area contributed by atoms with Gasteiger partial charge in [-0.1, -0.05) is 6.07 Å². The summed E-state index contributed by atoms with van der Waals surface area (Å²) in [5, 5.41) is 11.6. The maximum atomic E-state index is 13.3. The summed E-state index contributed by atoms with van der Waals surface area (Å²) in [6, 6.07) is 4.56. The first-order valence-corrected chi connectivity index (χ1v) is 5.92. The molecule has 92 valence electrons. The van der Waals surface area contributed by atoms with Crippen molar-refractivity contribution in [2.45, 2.75) is 0 Å². The van der Waals surface area contributed by atoms with E-state index in [1.54, 1.807) is 12.1 Å². The topological polar surface area (TPSA) is 75.1 Å². The lowest BCUT2D eigenvalue weighted by Gasteiger charge is -2.08. The van der Waals surface area contributed by atoms with Crippen LogP contribution in [0.15, 0.2) is 30.6 Å². The van der Waals surface area contributed by atoms with E-state index >= 15 is 0 Å². The molecule has 0 bridgehead atoms. The minimum absolute atomic E-state index is 0.175. The quantitative estimate of drug-likeness (QED) is 0.825. The average Bonchev–Trinajstić information content (AvgIpc) is 2.35. The Morgan fingerprint density at radius 2 is 2.17 bits per heavy atom. The second-order valence-electron chi connectivity index (χ2n) is 3.32. The van der Waals surface area contributed by atoms with Crippen molar-refractivity contribution in [2.24, 2.45) is 0 Å². The minimum Gasteiger partial charge on any atom is -0.476 e. The summed E-state index contributed by atoms with van der Waals surface area (Å²) in [5.41, 5.74) is 0.332. The fourth-order valence-electron chi connectivity index (χ4n) is 1.27. The van der Waals surface area contributed by atoms with E-state index < -0.39 is 5.97 Å². The van der Waals surface area contributed by atoms with E-state index in [4.69, 9.17) is 5.11 Å². The van der Waals surface area contributed by atoms with E-state index in [0.29, 0.717) is 9.26 Å². The monoisotopic (exact) mass is 359 g/mol. The highest BCUT2D eigenvalue weighted by Gasteiger charge is 2.09. The molecule has 0 saturated carbocycles. The van der Waals surface area contributed by atoms with Crippen LogP contribution in [-0.4, -0.2) is 21.0 Å². The lowest BCUT2D eigenvalue weighted by molar-refractivity contribution is 0.0690. The zero-order valence-corrected chi connectivity index (χ0v) is 11.1. The Labute approximate surface area is 115 Å². The number of rotatable bonds is 3. The average molecular weight is 359 g/mol. The molecular weight excluding hydrogens is 352 g/mol. The second kappa shape index (κ2) is 5.25. The molecule has 2 aromatic rings. The maximum absolute atomic E-state index is 13.3. The van der Waals surface area contributed by atoms with Crippen molar-refractivity contribution in [1.82, 2.24) is 9.97 Å². The first-order valence-electron chi connectivity index (χ1n) is 4.84. The van der Waals surface area contributed by atoms with Gasteiger partial charge in [0, 0.05) is 0 Å². The Morgan fingerprint density at radius 3 is 2.89 bits per heavy atom. The normalized spacial score (nSPS) is 10.1. The molecule has 2 N–H and O–H groups in total. The Hall–Kier alpha value is -1.77. The zero-order chi connectivity index (χ0) is 13.1. The lowest BCUT2D eigenvalue weighted by atomic mass is 10.3. The van der Waals surface area contributed by atoms with Gasteiger partial charge in [0.1, 0.15) is 11.6 Å². The van der Waals surface area contributed by atoms with Crippen LogP contribution in [0.3, 0.4) is 0 Å². The largest absolute Gasteiger partial charge is 0.476 e. The van der Waals surface area contributed by atoms with Crippen LogP contribution in [0, 0.1) is 9.39 Å². The molecule has 0 aliphatic heterocycles. The molecule has 0 saturated heterocycles. The summed E-state index contributed by atoms with van der Waals surface area (Å²) in [4.78, 5) is 18.3. The van der Waals surface area contributed by atoms with E-state index in [9.17, 15) is 9.18 Å². The van der Waals surface area contributed by atoms with E-state index in [0.717, 1.165) is 6.20 Å². The zero-order valence-electron chi connectivity index (χ0n) is 8.89. The van der Waals surface area contributed by atoms with Gasteiger partial charge in [0.2, 0.25) is 0 Å². The highest BCUT2D eigenvalue weighted by atomic mass is 127. The van der Waals surface area contributed by atoms with Gasteiger partial charge in [-0.25, -0.2) is 14.2 Å². The van der Waals surface area contributed by atoms with Gasteiger partial charge >= 0.3 is 5.97 Å². The van der Waals surface area contributed by atoms with Crippen molar-refractivity contribution in [3.05, 3.63) is 45.7 Å². The third-order valence-corrected chi connectivity index (χ3v) is 3.16. The third kappa shape index (κ3) is 2.73. The summed E-state index contributed by atoms with van der Waals surface area (Å²) in [7, 11) is 0. The van der Waals surface area contributed by atoms with Crippen molar-refractivity contribution >= 4 is 40.1 Å². The van der Waals surface area contributed by atoms with E-state index in [1.807, 2.05) is 22.6 Å². The predicted octanol–water partition coefficient (Wildman–Crippen LogP) is 2.66. The number of hydrogen-bond donors (Lipinski definition) is 2. The number of hydrogen-bond acceptors (Lipinski definition) is 4. The number of halogens is 2. The molecule has 0 atom stereocenters. The van der Waals surface area contributed by atoms with Crippen LogP contribution in [0.5, 0.6) is 0 Å². The van der Waals surface area contributed by atoms with E-state index in [1.165, 1.54) is 12.3 Å². The fraction of sp³-hybridized carbons (Fsp3) is 0. The molecule has 1 heterocycles. The van der Waals surface area contributed by atoms with Gasteiger partial charge in [0.05, 0.1) is 21.7 Å². The number of aromatic nitrogens is 2. The number of nitrogens with one attached hydrogen (secondary N) is 1. The first-order chi connectivity index (χ1) is 8.58. The van der Waals surface area contributed by atoms with Gasteiger partial charge in [-0.05, 0) is 34.7 Å². The van der Waals surface area contributed by atoms with Crippen LogP contribution in [0.4, 0.5) is 15.9 Å². The number of benzene rings is 1. The molecule has 0 radical (unpaired) electrons. The molecule has 7 heteroatoms. The first kappa shape index (κ1) is 12.7. The standard InChI is InChI=1S/C11H7FIN3O2/c12-6-2-1-3-7(10(6)13)15-9-5-14-4-8(16-9)11(17)18/h1-5H,(H,15,16)(H,17,18). The molecule has 5 nitrogen and oxygen atoms in total. The molecule has 18 heavy (non-hydrogen) atoms. The second-order valence-corrected chi connectivity index (χ2v) is 4.40. The molecule has 0 aliphatic carbocycles. The van der Waals surface area contributed by atoms with Crippen molar-refractivity contribution in [2.75, 3.05) is 5.32 Å². The Bertz CT molecular complexity index is 607. The van der Waals surface area contributed by atoms with Gasteiger partial charge < -0.3 is 10.4 Å². The van der Waals surface area contributed by atoms with Crippen molar-refractivity contribution < 1.29 is 14.3 Å². The molecule has 1 aromatic carbocycles. The summed E-state index contributed by atoms with van der Waals surface area (Å²) in [6.07, 6.45) is 2.51. The molecular formula is C11H7FIN3O2. The third-order valence-electron chi connectivity index (χ3n) is 2.07. The van der Waals surface area contributed by atoms with Crippen LogP contribution in [-0.2, 0) is 0 Å². The van der Waals surface area contributed by atoms with Crippen LogP contribution in [0.1, 0.15) is 10.5 Å². The molecule has 1 aromatic heterocycles. The Morgan fingerprint density at radius 1 is 1.39 bits per heavy atom. The van der Waals surface area contributed by atoms with Crippen molar-refractivity contribution in [3.63, 3.8) is 0 Å². The van der Waals surface area contributed by atoms with Crippen molar-refractivity contribution in [1.29, 1.82) is 0 Å². The molecule has 0 unspecified atom stereocenters. The SMILES string of the molecule is O=C(O)c1cncc(Nc2cccc(F)c2I)n1. The van der Waals surface area contributed by atoms with Crippen molar-refractivity contribution in [3.8, 4) is 0 Å². The van der Waals surface area contributed by atoms with E-state index in [2.05, 4.69) is 15.3 Å². The maximum Gasteiger partial charge on any atom is 0.356 e. The number of carboxylic acids is 1. The Kier molecular flexibility index (Phi) is 3.70. The summed E-state index contributed by atoms with van der Waals surface area (Å²) < 4.78 is 13.7. The summed E-state index contributed by atoms with van der Waals surface area (Å²) >= 11 is 1.85. The smallest absolute Gasteiger partial charge is 0.356 e. The van der Waals surface area contributed by atoms with Gasteiger partial charge in [-0.15, -0.1) is 0 Å². The molecule has 0 amide bonds. The molecule has 0 spiro atoms. The summed E-state index contributed by atoms with van der Waals surface area (Å²) in [6.45, 7) is 0. The van der Waals surface area contributed by atoms with Gasteiger partial charge in [-0.3, -0.25) is 4.98 Å². The van der Waals surface area contributed by atoms with Gasteiger partial charge in [0.25, 0.3) is 0 Å². The minimum atomic E-state index is -1.17. The number of carbonyl (C=O) groups is 1. The highest BCUT2D eigenvalue weighted by Crippen LogP contribution is 2.23. The van der Waals surface area contributed by atoms with Crippen LogP contribution in [0.25, 0.3) is 0 Å². The molecule has 0 fully saturated rings. The summed E-state index contributed by atoms with van der Waals surface area (Å²) in [5.74, 6) is -1.28. The number of carboxylic acid groups (broad SMARTS) is 1. The fourth-order valence-corrected chi connectivity index (χ4v) is 1.76. The van der Waals surface area contributed by atoms with Crippen LogP contribution >= 0.6 is 22.6 Å².